The van der Waals surface area contributed by atoms with Gasteiger partial charge in [0.25, 0.3) is 0 Å². The van der Waals surface area contributed by atoms with Crippen molar-refractivity contribution in [3.8, 4) is 0 Å². The zero-order chi connectivity index (χ0) is 9.45. The minimum atomic E-state index is -3.29. The Balaban J connectivity index is 3.79. The van der Waals surface area contributed by atoms with Crippen LogP contribution in [0.15, 0.2) is 0 Å². The summed E-state index contributed by atoms with van der Waals surface area (Å²) in [5.41, 5.74) is 5.18. The van der Waals surface area contributed by atoms with Gasteiger partial charge >= 0.3 is 7.75 Å². The lowest BCUT2D eigenvalue weighted by Crippen LogP contribution is -2.23. The van der Waals surface area contributed by atoms with Crippen LogP contribution in [0.2, 0.25) is 0 Å². The highest BCUT2D eigenvalue weighted by molar-refractivity contribution is 7.51. The minimum Gasteiger partial charge on any atom is -0.329 e. The largest absolute Gasteiger partial charge is 0.421 e. The summed E-state index contributed by atoms with van der Waals surface area (Å²) >= 11 is 0. The molecule has 0 aromatic rings. The molecule has 0 spiro atoms. The summed E-state index contributed by atoms with van der Waals surface area (Å²) < 4.78 is 20.4. The number of rotatable bonds is 7. The van der Waals surface area contributed by atoms with Crippen LogP contribution in [0.3, 0.4) is 0 Å². The summed E-state index contributed by atoms with van der Waals surface area (Å²) in [6.45, 7) is 2.93. The second kappa shape index (κ2) is 6.54. The Morgan fingerprint density at radius 3 is 2.67 bits per heavy atom. The number of nitrogens with one attached hydrogen (secondary N) is 1. The predicted octanol–water partition coefficient (Wildman–Crippen LogP) is -0.0403. The molecular weight excluding hydrogens is 181 g/mol. The van der Waals surface area contributed by atoms with E-state index in [1.165, 1.54) is 0 Å². The lowest BCUT2D eigenvalue weighted by molar-refractivity contribution is 0.199. The monoisotopic (exact) mass is 197 g/mol. The third-order valence-corrected chi connectivity index (χ3v) is 2.46. The average molecular weight is 197 g/mol. The fourth-order valence-corrected chi connectivity index (χ4v) is 1.58. The predicted molar refractivity (Wildman–Crippen MR) is 46.2 cm³/mol. The number of hydrogen-bond acceptors (Lipinski definition) is 5. The highest BCUT2D eigenvalue weighted by Gasteiger charge is 2.21. The van der Waals surface area contributed by atoms with Gasteiger partial charge in [-0.1, -0.05) is 6.92 Å². The van der Waals surface area contributed by atoms with Gasteiger partial charge in [0.15, 0.2) is 0 Å². The van der Waals surface area contributed by atoms with Gasteiger partial charge in [0.2, 0.25) is 0 Å². The van der Waals surface area contributed by atoms with Crippen LogP contribution >= 0.6 is 7.75 Å². The van der Waals surface area contributed by atoms with E-state index in [0.717, 1.165) is 6.42 Å². The fraction of sp³-hybridized carbons (Fsp3) is 1.00. The van der Waals surface area contributed by atoms with Crippen molar-refractivity contribution in [2.24, 2.45) is 11.6 Å². The summed E-state index contributed by atoms with van der Waals surface area (Å²) in [5.74, 6) is 4.80. The normalized spacial score (nSPS) is 15.9. The Morgan fingerprint density at radius 2 is 2.25 bits per heavy atom. The van der Waals surface area contributed by atoms with E-state index < -0.39 is 7.75 Å². The zero-order valence-electron chi connectivity index (χ0n) is 7.16. The van der Waals surface area contributed by atoms with Crippen molar-refractivity contribution in [3.05, 3.63) is 0 Å². The number of nitrogens with two attached hydrogens (primary N) is 2. The molecule has 0 aliphatic rings. The lowest BCUT2D eigenvalue weighted by Gasteiger charge is -2.14. The molecule has 0 aromatic carbocycles. The topological polar surface area (TPSA) is 99.6 Å². The molecule has 1 atom stereocenters. The van der Waals surface area contributed by atoms with Crippen LogP contribution in [-0.4, -0.2) is 19.7 Å². The summed E-state index contributed by atoms with van der Waals surface area (Å²) in [4.78, 5) is 0. The SMILES string of the molecule is CCCOP(=O)(NCCN)ON. The molecule has 0 bridgehead atoms. The van der Waals surface area contributed by atoms with Crippen molar-refractivity contribution >= 4 is 7.75 Å². The van der Waals surface area contributed by atoms with E-state index >= 15 is 0 Å². The molecule has 7 heteroatoms. The Kier molecular flexibility index (Phi) is 6.55. The summed E-state index contributed by atoms with van der Waals surface area (Å²) in [6, 6.07) is 0. The second-order valence-electron chi connectivity index (χ2n) is 2.13. The quantitative estimate of drug-likeness (QED) is 0.391. The molecule has 74 valence electrons. The molecule has 6 nitrogen and oxygen atoms in total. The maximum atomic E-state index is 11.4. The van der Waals surface area contributed by atoms with E-state index in [1.807, 2.05) is 6.92 Å². The first-order valence-electron chi connectivity index (χ1n) is 3.76. The molecular formula is C5H16N3O3P. The third kappa shape index (κ3) is 4.82. The first-order valence-corrected chi connectivity index (χ1v) is 5.31. The van der Waals surface area contributed by atoms with Crippen LogP contribution in [0.4, 0.5) is 0 Å². The van der Waals surface area contributed by atoms with Crippen molar-refractivity contribution in [1.29, 1.82) is 0 Å². The van der Waals surface area contributed by atoms with Crippen LogP contribution < -0.4 is 16.7 Å². The molecule has 0 aromatic heterocycles. The maximum absolute atomic E-state index is 11.4. The Labute approximate surface area is 72.1 Å². The van der Waals surface area contributed by atoms with Crippen molar-refractivity contribution < 1.29 is 13.7 Å². The van der Waals surface area contributed by atoms with Gasteiger partial charge in [-0.2, -0.15) is 0 Å². The summed E-state index contributed by atoms with van der Waals surface area (Å²) in [7, 11) is -3.29. The van der Waals surface area contributed by atoms with Crippen LogP contribution in [0.5, 0.6) is 0 Å². The Bertz CT molecular complexity index is 143. The van der Waals surface area contributed by atoms with Crippen molar-refractivity contribution in [3.63, 3.8) is 0 Å². The molecule has 0 heterocycles. The maximum Gasteiger partial charge on any atom is 0.421 e. The summed E-state index contributed by atoms with van der Waals surface area (Å²) in [6.07, 6.45) is 0.748. The van der Waals surface area contributed by atoms with Gasteiger partial charge < -0.3 is 5.73 Å². The van der Waals surface area contributed by atoms with Crippen molar-refractivity contribution in [2.45, 2.75) is 13.3 Å². The first kappa shape index (κ1) is 12.0. The van der Waals surface area contributed by atoms with E-state index in [-0.39, 0.29) is 0 Å². The van der Waals surface area contributed by atoms with Crippen LogP contribution in [0.25, 0.3) is 0 Å². The van der Waals surface area contributed by atoms with Crippen molar-refractivity contribution in [2.75, 3.05) is 19.7 Å². The molecule has 5 N–H and O–H groups in total. The van der Waals surface area contributed by atoms with Gasteiger partial charge in [0, 0.05) is 13.1 Å². The second-order valence-corrected chi connectivity index (χ2v) is 3.91. The molecule has 0 rings (SSSR count). The van der Waals surface area contributed by atoms with Crippen LogP contribution in [0.1, 0.15) is 13.3 Å². The van der Waals surface area contributed by atoms with Crippen molar-refractivity contribution in [1.82, 2.24) is 5.09 Å². The number of hydrogen-bond donors (Lipinski definition) is 3. The van der Waals surface area contributed by atoms with Gasteiger partial charge in [-0.15, -0.1) is 0 Å². The molecule has 0 aliphatic heterocycles. The third-order valence-electron chi connectivity index (χ3n) is 1.05. The molecule has 0 saturated carbocycles. The highest BCUT2D eigenvalue weighted by atomic mass is 31.2. The molecule has 0 saturated heterocycles. The molecule has 0 fully saturated rings. The van der Waals surface area contributed by atoms with E-state index in [0.29, 0.717) is 19.7 Å². The fourth-order valence-electron chi connectivity index (χ4n) is 0.526. The molecule has 0 radical (unpaired) electrons. The zero-order valence-corrected chi connectivity index (χ0v) is 8.05. The van der Waals surface area contributed by atoms with E-state index in [2.05, 4.69) is 9.71 Å². The van der Waals surface area contributed by atoms with Gasteiger partial charge in [-0.25, -0.2) is 20.2 Å². The molecule has 12 heavy (non-hydrogen) atoms. The van der Waals surface area contributed by atoms with E-state index in [9.17, 15) is 4.57 Å². The Hall–Kier alpha value is 0.0300. The standard InChI is InChI=1S/C5H16N3O3P/c1-2-5-10-12(9,11-7)8-4-3-6/h2-7H2,1H3,(H,8,9). The summed E-state index contributed by atoms with van der Waals surface area (Å²) in [5, 5.41) is 2.49. The first-order chi connectivity index (χ1) is 5.68. The smallest absolute Gasteiger partial charge is 0.329 e. The van der Waals surface area contributed by atoms with Gasteiger partial charge in [-0.05, 0) is 6.42 Å². The minimum absolute atomic E-state index is 0.339. The van der Waals surface area contributed by atoms with Gasteiger partial charge in [0.1, 0.15) is 0 Å². The highest BCUT2D eigenvalue weighted by Crippen LogP contribution is 2.40. The van der Waals surface area contributed by atoms with E-state index in [4.69, 9.17) is 16.2 Å². The van der Waals surface area contributed by atoms with E-state index in [1.54, 1.807) is 0 Å². The molecule has 1 unspecified atom stereocenters. The van der Waals surface area contributed by atoms with Gasteiger partial charge in [-0.3, -0.25) is 4.52 Å². The lowest BCUT2D eigenvalue weighted by atomic mass is 10.5. The van der Waals surface area contributed by atoms with Crippen LogP contribution in [-0.2, 0) is 13.7 Å². The Morgan fingerprint density at radius 1 is 1.58 bits per heavy atom. The average Bonchev–Trinajstić information content (AvgIpc) is 2.11. The molecule has 0 aliphatic carbocycles. The van der Waals surface area contributed by atoms with Crippen LogP contribution in [0, 0.1) is 0 Å². The molecule has 0 amide bonds. The van der Waals surface area contributed by atoms with Gasteiger partial charge in [0.05, 0.1) is 6.61 Å².